The molecule has 0 bridgehead atoms. The van der Waals surface area contributed by atoms with E-state index in [9.17, 15) is 33.1 Å². The molecule has 0 heterocycles. The summed E-state index contributed by atoms with van der Waals surface area (Å²) in [7, 11) is -4.19. The van der Waals surface area contributed by atoms with Gasteiger partial charge in [0.1, 0.15) is 0 Å². The molecule has 220 valence electrons. The molecule has 4 fully saturated rings. The van der Waals surface area contributed by atoms with E-state index in [0.29, 0.717) is 18.8 Å². The Bertz CT molecular complexity index is 972. The summed E-state index contributed by atoms with van der Waals surface area (Å²) in [4.78, 5) is 12.7. The van der Waals surface area contributed by atoms with Crippen LogP contribution in [0.5, 0.6) is 0 Å². The quantitative estimate of drug-likeness (QED) is 0.288. The van der Waals surface area contributed by atoms with E-state index in [4.69, 9.17) is 0 Å². The van der Waals surface area contributed by atoms with Crippen molar-refractivity contribution in [1.29, 1.82) is 0 Å². The minimum absolute atomic E-state index is 0.0439. The molecule has 1 amide bonds. The van der Waals surface area contributed by atoms with Crippen molar-refractivity contribution in [2.75, 3.05) is 5.75 Å². The van der Waals surface area contributed by atoms with Gasteiger partial charge in [-0.15, -0.1) is 0 Å². The van der Waals surface area contributed by atoms with Crippen molar-refractivity contribution in [2.24, 2.45) is 52.3 Å². The van der Waals surface area contributed by atoms with Crippen LogP contribution < -0.4 is 5.32 Å². The van der Waals surface area contributed by atoms with Crippen LogP contribution in [0.3, 0.4) is 0 Å². The van der Waals surface area contributed by atoms with Gasteiger partial charge in [-0.25, -0.2) is 0 Å². The van der Waals surface area contributed by atoms with Crippen LogP contribution in [0.1, 0.15) is 92.4 Å². The molecular formula is C29H51NO7S. The smallest absolute Gasteiger partial charge is 0.266 e. The number of hydrogen-bond acceptors (Lipinski definition) is 6. The molecule has 12 unspecified atom stereocenters. The fraction of sp³-hybridized carbons (Fsp3) is 0.966. The summed E-state index contributed by atoms with van der Waals surface area (Å²) in [5.41, 5.74) is -0.275. The molecule has 4 aliphatic carbocycles. The molecule has 4 saturated carbocycles. The average molecular weight is 558 g/mol. The average Bonchev–Trinajstić information content (AvgIpc) is 3.16. The number of hydrogen-bond donors (Lipinski definition) is 5. The van der Waals surface area contributed by atoms with Crippen LogP contribution in [-0.2, 0) is 14.9 Å². The van der Waals surface area contributed by atoms with Crippen LogP contribution in [0, 0.1) is 52.3 Å². The van der Waals surface area contributed by atoms with Gasteiger partial charge in [-0.05, 0) is 104 Å². The number of aliphatic hydroxyl groups excluding tert-OH is 3. The van der Waals surface area contributed by atoms with E-state index in [1.54, 1.807) is 0 Å². The van der Waals surface area contributed by atoms with E-state index in [-0.39, 0.29) is 64.8 Å². The molecule has 5 N–H and O–H groups in total. The van der Waals surface area contributed by atoms with Crippen molar-refractivity contribution < 1.29 is 33.1 Å². The van der Waals surface area contributed by atoms with E-state index < -0.39 is 34.1 Å². The molecule has 12 atom stereocenters. The molecule has 0 aromatic rings. The maximum atomic E-state index is 12.7. The molecule has 4 aliphatic rings. The molecule has 0 aromatic carbocycles. The topological polar surface area (TPSA) is 144 Å². The molecule has 38 heavy (non-hydrogen) atoms. The van der Waals surface area contributed by atoms with Gasteiger partial charge in [0.2, 0.25) is 5.91 Å². The lowest BCUT2D eigenvalue weighted by atomic mass is 9.43. The monoisotopic (exact) mass is 557 g/mol. The minimum Gasteiger partial charge on any atom is -0.393 e. The second-order valence-electron chi connectivity index (χ2n) is 14.2. The summed E-state index contributed by atoms with van der Waals surface area (Å²) in [6.07, 6.45) is 5.60. The highest BCUT2D eigenvalue weighted by Crippen LogP contribution is 2.68. The molecule has 0 saturated heterocycles. The van der Waals surface area contributed by atoms with Gasteiger partial charge in [0, 0.05) is 12.5 Å². The summed E-state index contributed by atoms with van der Waals surface area (Å²) in [6, 6.07) is -0.642. The third-order valence-electron chi connectivity index (χ3n) is 11.9. The van der Waals surface area contributed by atoms with E-state index in [1.807, 2.05) is 13.8 Å². The Kier molecular flexibility index (Phi) is 8.68. The number of amides is 1. The molecule has 8 nitrogen and oxygen atoms in total. The predicted octanol–water partition coefficient (Wildman–Crippen LogP) is 3.39. The van der Waals surface area contributed by atoms with Gasteiger partial charge in [-0.3, -0.25) is 9.35 Å². The van der Waals surface area contributed by atoms with Crippen LogP contribution in [0.15, 0.2) is 0 Å². The molecule has 0 aromatic heterocycles. The summed E-state index contributed by atoms with van der Waals surface area (Å²) >= 11 is 0. The number of nitrogens with one attached hydrogen (secondary N) is 1. The summed E-state index contributed by atoms with van der Waals surface area (Å²) in [5, 5.41) is 36.2. The summed E-state index contributed by atoms with van der Waals surface area (Å²) < 4.78 is 31.9. The molecule has 4 rings (SSSR count). The van der Waals surface area contributed by atoms with Gasteiger partial charge in [-0.1, -0.05) is 34.6 Å². The fourth-order valence-corrected chi connectivity index (χ4v) is 10.5. The SMILES string of the molecule is CC(C)C(CS(=O)(=O)O)NC(=O)CCC(C)C1CCC2C3C(O)CC4CC(O)CCC4(C)C3CC(O)C12C. The first-order valence-electron chi connectivity index (χ1n) is 14.9. The maximum absolute atomic E-state index is 12.7. The molecule has 0 radical (unpaired) electrons. The lowest BCUT2D eigenvalue weighted by Gasteiger charge is -2.63. The Morgan fingerprint density at radius 3 is 2.32 bits per heavy atom. The molecular weight excluding hydrogens is 506 g/mol. The highest BCUT2D eigenvalue weighted by atomic mass is 32.2. The number of carbonyl (C=O) groups excluding carboxylic acids is 1. The van der Waals surface area contributed by atoms with Gasteiger partial charge in [0.15, 0.2) is 0 Å². The van der Waals surface area contributed by atoms with Gasteiger partial charge in [0.05, 0.1) is 24.1 Å². The van der Waals surface area contributed by atoms with Crippen molar-refractivity contribution in [1.82, 2.24) is 5.32 Å². The molecule has 9 heteroatoms. The number of fused-ring (bicyclic) bond motifs is 5. The Morgan fingerprint density at radius 2 is 1.68 bits per heavy atom. The highest BCUT2D eigenvalue weighted by Gasteiger charge is 2.65. The largest absolute Gasteiger partial charge is 0.393 e. The van der Waals surface area contributed by atoms with Crippen LogP contribution in [-0.4, -0.2) is 64.3 Å². The second-order valence-corrected chi connectivity index (χ2v) is 15.7. The lowest BCUT2D eigenvalue weighted by Crippen LogP contribution is -2.62. The second kappa shape index (κ2) is 10.9. The highest BCUT2D eigenvalue weighted by molar-refractivity contribution is 7.85. The van der Waals surface area contributed by atoms with Crippen molar-refractivity contribution in [2.45, 2.75) is 117 Å². The Balaban J connectivity index is 1.44. The Labute approximate surface area is 229 Å². The first-order valence-corrected chi connectivity index (χ1v) is 16.5. The van der Waals surface area contributed by atoms with Gasteiger partial charge < -0.3 is 20.6 Å². The van der Waals surface area contributed by atoms with Crippen LogP contribution in [0.2, 0.25) is 0 Å². The first kappa shape index (κ1) is 30.2. The van der Waals surface area contributed by atoms with E-state index in [0.717, 1.165) is 38.5 Å². The minimum atomic E-state index is -4.19. The van der Waals surface area contributed by atoms with Gasteiger partial charge in [0.25, 0.3) is 10.1 Å². The third kappa shape index (κ3) is 5.56. The summed E-state index contributed by atoms with van der Waals surface area (Å²) in [6.45, 7) is 10.3. The summed E-state index contributed by atoms with van der Waals surface area (Å²) in [5.74, 6) is 0.528. The number of aliphatic hydroxyl groups is 3. The standard InChI is InChI=1S/C29H51NO7S/c1-16(2)23(15-38(35,36)37)30-26(34)9-6-17(3)20-7-8-21-27-22(14-25(33)29(20,21)5)28(4)11-10-19(31)12-18(28)13-24(27)32/h16-25,27,31-33H,6-15H2,1-5H3,(H,30,34)(H,35,36,37). The van der Waals surface area contributed by atoms with E-state index in [2.05, 4.69) is 26.1 Å². The van der Waals surface area contributed by atoms with Gasteiger partial charge in [-0.2, -0.15) is 8.42 Å². The Morgan fingerprint density at radius 1 is 1.00 bits per heavy atom. The number of carbonyl (C=O) groups is 1. The predicted molar refractivity (Wildman–Crippen MR) is 146 cm³/mol. The van der Waals surface area contributed by atoms with Crippen LogP contribution >= 0.6 is 0 Å². The van der Waals surface area contributed by atoms with E-state index >= 15 is 0 Å². The van der Waals surface area contributed by atoms with Gasteiger partial charge >= 0.3 is 0 Å². The number of rotatable bonds is 8. The zero-order chi connectivity index (χ0) is 28.2. The normalized spacial score (nSPS) is 44.6. The van der Waals surface area contributed by atoms with E-state index in [1.165, 1.54) is 0 Å². The van der Waals surface area contributed by atoms with Crippen LogP contribution in [0.4, 0.5) is 0 Å². The zero-order valence-electron chi connectivity index (χ0n) is 23.8. The van der Waals surface area contributed by atoms with Crippen molar-refractivity contribution in [3.8, 4) is 0 Å². The van der Waals surface area contributed by atoms with Crippen molar-refractivity contribution in [3.63, 3.8) is 0 Å². The van der Waals surface area contributed by atoms with Crippen molar-refractivity contribution in [3.05, 3.63) is 0 Å². The fourth-order valence-electron chi connectivity index (χ4n) is 9.60. The molecule has 0 aliphatic heterocycles. The van der Waals surface area contributed by atoms with Crippen LogP contribution in [0.25, 0.3) is 0 Å². The molecule has 0 spiro atoms. The Hall–Kier alpha value is -0.740. The third-order valence-corrected chi connectivity index (χ3v) is 12.7. The lowest BCUT2D eigenvalue weighted by molar-refractivity contribution is -0.207. The maximum Gasteiger partial charge on any atom is 0.266 e. The zero-order valence-corrected chi connectivity index (χ0v) is 24.7. The van der Waals surface area contributed by atoms with Crippen molar-refractivity contribution >= 4 is 16.0 Å². The first-order chi connectivity index (χ1) is 17.6.